The number of hydrogen-bond donors (Lipinski definition) is 1. The summed E-state index contributed by atoms with van der Waals surface area (Å²) < 4.78 is 0.860. The summed E-state index contributed by atoms with van der Waals surface area (Å²) in [4.78, 5) is 10.5. The Balaban J connectivity index is 2.21. The van der Waals surface area contributed by atoms with Gasteiger partial charge < -0.3 is 5.32 Å². The highest BCUT2D eigenvalue weighted by molar-refractivity contribution is 9.10. The molecule has 106 valence electrons. The van der Waals surface area contributed by atoms with Crippen LogP contribution in [-0.4, -0.2) is 4.92 Å². The van der Waals surface area contributed by atoms with Crippen LogP contribution in [0.1, 0.15) is 16.7 Å². The minimum Gasteiger partial charge on any atom is -0.380 e. The summed E-state index contributed by atoms with van der Waals surface area (Å²) in [5.74, 6) is 0. The van der Waals surface area contributed by atoms with Gasteiger partial charge in [0.15, 0.2) is 0 Å². The number of hydrogen-bond acceptors (Lipinski definition) is 4. The fourth-order valence-corrected chi connectivity index (χ4v) is 2.28. The number of nitro groups is 1. The number of anilines is 1. The van der Waals surface area contributed by atoms with E-state index < -0.39 is 4.92 Å². The van der Waals surface area contributed by atoms with Gasteiger partial charge in [-0.25, -0.2) is 0 Å². The lowest BCUT2D eigenvalue weighted by atomic mass is 10.1. The summed E-state index contributed by atoms with van der Waals surface area (Å²) in [5.41, 5.74) is 2.74. The normalized spacial score (nSPS) is 9.95. The molecule has 2 aromatic rings. The zero-order valence-electron chi connectivity index (χ0n) is 11.3. The van der Waals surface area contributed by atoms with E-state index in [1.165, 1.54) is 0 Å². The summed E-state index contributed by atoms with van der Waals surface area (Å²) in [6, 6.07) is 12.5. The van der Waals surface area contributed by atoms with E-state index in [-0.39, 0.29) is 5.69 Å². The number of nitrogens with one attached hydrogen (secondary N) is 1. The van der Waals surface area contributed by atoms with Gasteiger partial charge >= 0.3 is 0 Å². The zero-order chi connectivity index (χ0) is 15.4. The highest BCUT2D eigenvalue weighted by Gasteiger charge is 2.11. The maximum absolute atomic E-state index is 10.9. The van der Waals surface area contributed by atoms with Crippen molar-refractivity contribution >= 4 is 27.3 Å². The number of nitro benzene ring substituents is 1. The quantitative estimate of drug-likeness (QED) is 0.666. The second kappa shape index (κ2) is 6.37. The zero-order valence-corrected chi connectivity index (χ0v) is 12.8. The Morgan fingerprint density at radius 1 is 1.33 bits per heavy atom. The van der Waals surface area contributed by atoms with Crippen LogP contribution in [0, 0.1) is 28.4 Å². The first-order valence-corrected chi connectivity index (χ1v) is 6.98. The molecule has 0 bridgehead atoms. The van der Waals surface area contributed by atoms with Crippen LogP contribution in [0.4, 0.5) is 11.4 Å². The molecule has 0 aliphatic carbocycles. The molecule has 0 spiro atoms. The maximum Gasteiger partial charge on any atom is 0.272 e. The Kier molecular flexibility index (Phi) is 4.55. The Bertz CT molecular complexity index is 738. The first-order chi connectivity index (χ1) is 10.0. The number of nitrogens with zero attached hydrogens (tertiary/aromatic N) is 2. The maximum atomic E-state index is 10.9. The molecule has 0 unspecified atom stereocenters. The van der Waals surface area contributed by atoms with Crippen LogP contribution >= 0.6 is 15.9 Å². The van der Waals surface area contributed by atoms with E-state index >= 15 is 0 Å². The molecule has 1 N–H and O–H groups in total. The minimum atomic E-state index is -0.390. The monoisotopic (exact) mass is 345 g/mol. The Morgan fingerprint density at radius 3 is 2.76 bits per heavy atom. The summed E-state index contributed by atoms with van der Waals surface area (Å²) in [6.45, 7) is 2.11. The van der Waals surface area contributed by atoms with E-state index in [1.807, 2.05) is 6.07 Å². The molecule has 0 heterocycles. The number of halogens is 1. The molecule has 2 aromatic carbocycles. The predicted octanol–water partition coefficient (Wildman–Crippen LogP) is 4.15. The van der Waals surface area contributed by atoms with E-state index in [0.717, 1.165) is 10.0 Å². The van der Waals surface area contributed by atoms with Crippen molar-refractivity contribution in [1.82, 2.24) is 0 Å². The molecule has 0 aromatic heterocycles. The molecule has 0 radical (unpaired) electrons. The van der Waals surface area contributed by atoms with Crippen molar-refractivity contribution in [3.05, 3.63) is 67.7 Å². The lowest BCUT2D eigenvalue weighted by Crippen LogP contribution is -2.02. The van der Waals surface area contributed by atoms with Crippen LogP contribution < -0.4 is 5.32 Å². The van der Waals surface area contributed by atoms with Gasteiger partial charge in [-0.1, -0.05) is 28.1 Å². The molecule has 0 aliphatic heterocycles. The van der Waals surface area contributed by atoms with Crippen LogP contribution in [0.5, 0.6) is 0 Å². The van der Waals surface area contributed by atoms with Crippen molar-refractivity contribution in [2.24, 2.45) is 0 Å². The highest BCUT2D eigenvalue weighted by atomic mass is 79.9. The fourth-order valence-electron chi connectivity index (χ4n) is 1.92. The average Bonchev–Trinajstić information content (AvgIpc) is 2.46. The van der Waals surface area contributed by atoms with Crippen molar-refractivity contribution in [3.8, 4) is 6.07 Å². The molecule has 0 aliphatic rings. The number of rotatable bonds is 4. The van der Waals surface area contributed by atoms with Crippen molar-refractivity contribution in [2.45, 2.75) is 13.5 Å². The molecule has 0 atom stereocenters. The molecule has 6 heteroatoms. The standard InChI is InChI=1S/C15H12BrN3O2/c1-10-2-3-11(6-15(10)19(20)21)9-18-14-7-13(16)5-4-12(14)8-17/h2-7,18H,9H2,1H3. The molecule has 0 amide bonds. The summed E-state index contributed by atoms with van der Waals surface area (Å²) >= 11 is 3.35. The second-order valence-corrected chi connectivity index (χ2v) is 5.45. The van der Waals surface area contributed by atoms with Crippen LogP contribution in [-0.2, 0) is 6.54 Å². The van der Waals surface area contributed by atoms with Gasteiger partial charge in [0.05, 0.1) is 16.2 Å². The third kappa shape index (κ3) is 3.58. The van der Waals surface area contributed by atoms with Gasteiger partial charge in [-0.2, -0.15) is 5.26 Å². The third-order valence-electron chi connectivity index (χ3n) is 3.06. The molecule has 2 rings (SSSR count). The second-order valence-electron chi connectivity index (χ2n) is 4.53. The van der Waals surface area contributed by atoms with Crippen molar-refractivity contribution in [1.29, 1.82) is 5.26 Å². The van der Waals surface area contributed by atoms with Crippen LogP contribution in [0.15, 0.2) is 40.9 Å². The lowest BCUT2D eigenvalue weighted by Gasteiger charge is -2.09. The highest BCUT2D eigenvalue weighted by Crippen LogP contribution is 2.23. The topological polar surface area (TPSA) is 79.0 Å². The Hall–Kier alpha value is -2.39. The van der Waals surface area contributed by atoms with E-state index in [0.29, 0.717) is 23.4 Å². The van der Waals surface area contributed by atoms with Gasteiger partial charge in [0.1, 0.15) is 6.07 Å². The van der Waals surface area contributed by atoms with Gasteiger partial charge in [0.25, 0.3) is 5.69 Å². The van der Waals surface area contributed by atoms with Gasteiger partial charge in [-0.05, 0) is 30.7 Å². The van der Waals surface area contributed by atoms with E-state index in [1.54, 1.807) is 37.3 Å². The summed E-state index contributed by atoms with van der Waals surface area (Å²) in [6.07, 6.45) is 0. The molecule has 0 saturated heterocycles. The molecular weight excluding hydrogens is 334 g/mol. The predicted molar refractivity (Wildman–Crippen MR) is 84.0 cm³/mol. The third-order valence-corrected chi connectivity index (χ3v) is 3.55. The number of aryl methyl sites for hydroxylation is 1. The smallest absolute Gasteiger partial charge is 0.272 e. The molecule has 5 nitrogen and oxygen atoms in total. The lowest BCUT2D eigenvalue weighted by molar-refractivity contribution is -0.385. The van der Waals surface area contributed by atoms with Crippen LogP contribution in [0.25, 0.3) is 0 Å². The van der Waals surface area contributed by atoms with Gasteiger partial charge in [0.2, 0.25) is 0 Å². The van der Waals surface area contributed by atoms with Crippen LogP contribution in [0.2, 0.25) is 0 Å². The molecule has 0 fully saturated rings. The van der Waals surface area contributed by atoms with Crippen molar-refractivity contribution in [2.75, 3.05) is 5.32 Å². The van der Waals surface area contributed by atoms with E-state index in [4.69, 9.17) is 5.26 Å². The summed E-state index contributed by atoms with van der Waals surface area (Å²) in [7, 11) is 0. The van der Waals surface area contributed by atoms with E-state index in [2.05, 4.69) is 27.3 Å². The Labute approximate surface area is 130 Å². The van der Waals surface area contributed by atoms with Gasteiger partial charge in [-0.15, -0.1) is 0 Å². The van der Waals surface area contributed by atoms with Gasteiger partial charge in [0, 0.05) is 22.6 Å². The van der Waals surface area contributed by atoms with Crippen molar-refractivity contribution < 1.29 is 4.92 Å². The Morgan fingerprint density at radius 2 is 2.10 bits per heavy atom. The average molecular weight is 346 g/mol. The number of benzene rings is 2. The summed E-state index contributed by atoms with van der Waals surface area (Å²) in [5, 5.41) is 23.1. The first kappa shape index (κ1) is 15.0. The first-order valence-electron chi connectivity index (χ1n) is 6.18. The van der Waals surface area contributed by atoms with Crippen LogP contribution in [0.3, 0.4) is 0 Å². The fraction of sp³-hybridized carbons (Fsp3) is 0.133. The molecule has 21 heavy (non-hydrogen) atoms. The van der Waals surface area contributed by atoms with Crippen molar-refractivity contribution in [3.63, 3.8) is 0 Å². The number of nitriles is 1. The molecule has 0 saturated carbocycles. The molecular formula is C15H12BrN3O2. The SMILES string of the molecule is Cc1ccc(CNc2cc(Br)ccc2C#N)cc1[N+](=O)[O-]. The van der Waals surface area contributed by atoms with E-state index in [9.17, 15) is 10.1 Å². The van der Waals surface area contributed by atoms with Gasteiger partial charge in [-0.3, -0.25) is 10.1 Å². The largest absolute Gasteiger partial charge is 0.380 e. The minimum absolute atomic E-state index is 0.101.